The van der Waals surface area contributed by atoms with Crippen molar-refractivity contribution in [2.24, 2.45) is 0 Å². The molecular weight excluding hydrogens is 438 g/mol. The Balaban J connectivity index is 1.51. The van der Waals surface area contributed by atoms with Crippen molar-refractivity contribution in [2.45, 2.75) is 25.5 Å². The smallest absolute Gasteiger partial charge is 0.250 e. The van der Waals surface area contributed by atoms with Crippen molar-refractivity contribution in [3.8, 4) is 5.75 Å². The molecule has 0 radical (unpaired) electrons. The molecule has 0 saturated carbocycles. The first-order valence-electron chi connectivity index (χ1n) is 9.97. The number of hydrogen-bond acceptors (Lipinski definition) is 7. The quantitative estimate of drug-likeness (QED) is 0.436. The normalized spacial score (nSPS) is 16.3. The summed E-state index contributed by atoms with van der Waals surface area (Å²) < 4.78 is 13.6. The summed E-state index contributed by atoms with van der Waals surface area (Å²) in [6.07, 6.45) is 1.87. The monoisotopic (exact) mass is 457 g/mol. The SMILES string of the molecule is COc1ccc(Cl)c2sc(N(CC3CCCO3)C(=O)Cn3nnc4ccccc43)nc12. The minimum Gasteiger partial charge on any atom is -0.494 e. The van der Waals surface area contributed by atoms with E-state index in [-0.39, 0.29) is 18.6 Å². The van der Waals surface area contributed by atoms with Crippen LogP contribution in [0.5, 0.6) is 5.75 Å². The second kappa shape index (κ2) is 8.41. The summed E-state index contributed by atoms with van der Waals surface area (Å²) in [6, 6.07) is 11.1. The summed E-state index contributed by atoms with van der Waals surface area (Å²) in [5, 5.41) is 9.44. The van der Waals surface area contributed by atoms with Gasteiger partial charge in [-0.1, -0.05) is 40.3 Å². The van der Waals surface area contributed by atoms with E-state index in [1.807, 2.05) is 24.3 Å². The van der Waals surface area contributed by atoms with E-state index in [1.165, 1.54) is 11.3 Å². The number of thiazole rings is 1. The van der Waals surface area contributed by atoms with Crippen molar-refractivity contribution in [3.05, 3.63) is 41.4 Å². The van der Waals surface area contributed by atoms with Gasteiger partial charge in [-0.25, -0.2) is 9.67 Å². The number of carbonyl (C=O) groups excluding carboxylic acids is 1. The van der Waals surface area contributed by atoms with Gasteiger partial charge in [0.05, 0.1) is 35.0 Å². The number of anilines is 1. The van der Waals surface area contributed by atoms with E-state index >= 15 is 0 Å². The molecule has 1 fully saturated rings. The standard InChI is InChI=1S/C21H20ClN5O3S/c1-29-17-9-8-14(22)20-19(17)23-21(31-20)26(11-13-5-4-10-30-13)18(28)12-27-16-7-3-2-6-15(16)24-25-27/h2-3,6-9,13H,4-5,10-12H2,1H3. The zero-order valence-electron chi connectivity index (χ0n) is 16.8. The van der Waals surface area contributed by atoms with Crippen LogP contribution in [0.3, 0.4) is 0 Å². The molecule has 160 valence electrons. The van der Waals surface area contributed by atoms with Crippen molar-refractivity contribution in [1.29, 1.82) is 0 Å². The van der Waals surface area contributed by atoms with E-state index in [4.69, 9.17) is 26.1 Å². The van der Waals surface area contributed by atoms with Crippen LogP contribution in [0.2, 0.25) is 5.02 Å². The average molecular weight is 458 g/mol. The van der Waals surface area contributed by atoms with Gasteiger partial charge in [0.15, 0.2) is 5.13 Å². The predicted molar refractivity (Wildman–Crippen MR) is 120 cm³/mol. The third-order valence-electron chi connectivity index (χ3n) is 5.31. The maximum Gasteiger partial charge on any atom is 0.250 e. The molecule has 1 amide bonds. The van der Waals surface area contributed by atoms with E-state index < -0.39 is 0 Å². The highest BCUT2D eigenvalue weighted by atomic mass is 35.5. The molecule has 0 spiro atoms. The van der Waals surface area contributed by atoms with Gasteiger partial charge in [-0.3, -0.25) is 9.69 Å². The fourth-order valence-corrected chi connectivity index (χ4v) is 5.03. The van der Waals surface area contributed by atoms with Gasteiger partial charge in [-0.05, 0) is 37.1 Å². The molecule has 2 aromatic heterocycles. The highest BCUT2D eigenvalue weighted by molar-refractivity contribution is 7.23. The second-order valence-electron chi connectivity index (χ2n) is 7.30. The third-order valence-corrected chi connectivity index (χ3v) is 6.85. The van der Waals surface area contributed by atoms with Gasteiger partial charge in [-0.2, -0.15) is 0 Å². The molecule has 8 nitrogen and oxygen atoms in total. The zero-order valence-corrected chi connectivity index (χ0v) is 18.4. The molecule has 4 aromatic rings. The molecule has 1 atom stereocenters. The number of hydrogen-bond donors (Lipinski definition) is 0. The Bertz CT molecular complexity index is 1250. The third kappa shape index (κ3) is 3.84. The van der Waals surface area contributed by atoms with Crippen molar-refractivity contribution >= 4 is 55.2 Å². The molecule has 2 aromatic carbocycles. The lowest BCUT2D eigenvalue weighted by Crippen LogP contribution is -2.39. The zero-order chi connectivity index (χ0) is 21.4. The van der Waals surface area contributed by atoms with Gasteiger partial charge >= 0.3 is 0 Å². The number of rotatable bonds is 6. The Kier molecular flexibility index (Phi) is 5.47. The van der Waals surface area contributed by atoms with E-state index in [9.17, 15) is 4.79 Å². The first-order chi connectivity index (χ1) is 15.1. The molecule has 31 heavy (non-hydrogen) atoms. The molecular formula is C21H20ClN5O3S. The summed E-state index contributed by atoms with van der Waals surface area (Å²) in [5.41, 5.74) is 2.20. The number of fused-ring (bicyclic) bond motifs is 2. The molecule has 5 rings (SSSR count). The highest BCUT2D eigenvalue weighted by Crippen LogP contribution is 2.39. The Labute approximate surface area is 187 Å². The van der Waals surface area contributed by atoms with Gasteiger partial charge in [-0.15, -0.1) is 5.10 Å². The van der Waals surface area contributed by atoms with Crippen LogP contribution in [0.1, 0.15) is 12.8 Å². The Hall–Kier alpha value is -2.75. The maximum atomic E-state index is 13.4. The number of para-hydroxylation sites is 1. The van der Waals surface area contributed by atoms with E-state index in [0.29, 0.717) is 34.6 Å². The number of amides is 1. The lowest BCUT2D eigenvalue weighted by molar-refractivity contribution is -0.119. The number of aromatic nitrogens is 4. The van der Waals surface area contributed by atoms with Crippen LogP contribution < -0.4 is 9.64 Å². The fraction of sp³-hybridized carbons (Fsp3) is 0.333. The molecule has 0 N–H and O–H groups in total. The molecule has 1 saturated heterocycles. The largest absolute Gasteiger partial charge is 0.494 e. The highest BCUT2D eigenvalue weighted by Gasteiger charge is 2.28. The van der Waals surface area contributed by atoms with Crippen molar-refractivity contribution in [2.75, 3.05) is 25.2 Å². The first kappa shape index (κ1) is 20.2. The number of methoxy groups -OCH3 is 1. The lowest BCUT2D eigenvalue weighted by Gasteiger charge is -2.23. The molecule has 3 heterocycles. The molecule has 10 heteroatoms. The Morgan fingerprint density at radius 1 is 1.35 bits per heavy atom. The van der Waals surface area contributed by atoms with Crippen molar-refractivity contribution in [3.63, 3.8) is 0 Å². The maximum absolute atomic E-state index is 13.4. The van der Waals surface area contributed by atoms with Gasteiger partial charge in [0, 0.05) is 6.61 Å². The summed E-state index contributed by atoms with van der Waals surface area (Å²) in [4.78, 5) is 19.8. The molecule has 0 bridgehead atoms. The minimum atomic E-state index is -0.139. The fourth-order valence-electron chi connectivity index (χ4n) is 3.75. The molecule has 0 aliphatic carbocycles. The van der Waals surface area contributed by atoms with Crippen LogP contribution in [0.4, 0.5) is 5.13 Å². The number of ether oxygens (including phenoxy) is 2. The van der Waals surface area contributed by atoms with Crippen LogP contribution in [0, 0.1) is 0 Å². The van der Waals surface area contributed by atoms with Gasteiger partial charge in [0.1, 0.15) is 23.3 Å². The lowest BCUT2D eigenvalue weighted by atomic mass is 10.2. The Morgan fingerprint density at radius 3 is 3.03 bits per heavy atom. The summed E-state index contributed by atoms with van der Waals surface area (Å²) in [7, 11) is 1.59. The van der Waals surface area contributed by atoms with Crippen LogP contribution in [-0.2, 0) is 16.1 Å². The Morgan fingerprint density at radius 2 is 2.23 bits per heavy atom. The van der Waals surface area contributed by atoms with Crippen LogP contribution >= 0.6 is 22.9 Å². The van der Waals surface area contributed by atoms with Crippen LogP contribution in [0.25, 0.3) is 21.3 Å². The second-order valence-corrected chi connectivity index (χ2v) is 8.68. The topological polar surface area (TPSA) is 82.4 Å². The summed E-state index contributed by atoms with van der Waals surface area (Å²) >= 11 is 7.77. The van der Waals surface area contributed by atoms with E-state index in [0.717, 1.165) is 28.6 Å². The number of benzene rings is 2. The number of carbonyl (C=O) groups is 1. The van der Waals surface area contributed by atoms with E-state index in [2.05, 4.69) is 10.3 Å². The van der Waals surface area contributed by atoms with Gasteiger partial charge in [0.2, 0.25) is 0 Å². The number of halogens is 1. The summed E-state index contributed by atoms with van der Waals surface area (Å²) in [6.45, 7) is 1.18. The van der Waals surface area contributed by atoms with E-state index in [1.54, 1.807) is 28.8 Å². The number of nitrogens with zero attached hydrogens (tertiary/aromatic N) is 5. The minimum absolute atomic E-state index is 0.0270. The first-order valence-corrected chi connectivity index (χ1v) is 11.2. The predicted octanol–water partition coefficient (Wildman–Crippen LogP) is 3.92. The average Bonchev–Trinajstić information content (AvgIpc) is 3.53. The summed E-state index contributed by atoms with van der Waals surface area (Å²) in [5.74, 6) is 0.481. The van der Waals surface area contributed by atoms with Crippen molar-refractivity contribution in [1.82, 2.24) is 20.0 Å². The molecule has 1 aliphatic rings. The van der Waals surface area contributed by atoms with Crippen LogP contribution in [-0.4, -0.2) is 52.3 Å². The van der Waals surface area contributed by atoms with Crippen LogP contribution in [0.15, 0.2) is 36.4 Å². The molecule has 1 aliphatic heterocycles. The van der Waals surface area contributed by atoms with Gasteiger partial charge < -0.3 is 9.47 Å². The molecule has 1 unspecified atom stereocenters. The van der Waals surface area contributed by atoms with Gasteiger partial charge in [0.25, 0.3) is 5.91 Å². The van der Waals surface area contributed by atoms with Crippen molar-refractivity contribution < 1.29 is 14.3 Å².